The zero-order valence-corrected chi connectivity index (χ0v) is 10.7. The molecule has 0 aliphatic carbocycles. The van der Waals surface area contributed by atoms with Gasteiger partial charge in [0.2, 0.25) is 0 Å². The molecule has 1 saturated heterocycles. The van der Waals surface area contributed by atoms with Crippen molar-refractivity contribution in [2.75, 3.05) is 24.7 Å². The van der Waals surface area contributed by atoms with Gasteiger partial charge in [0.15, 0.2) is 0 Å². The summed E-state index contributed by atoms with van der Waals surface area (Å²) in [6, 6.07) is 9.56. The second kappa shape index (κ2) is 6.40. The second-order valence-electron chi connectivity index (χ2n) is 4.38. The van der Waals surface area contributed by atoms with Gasteiger partial charge in [-0.05, 0) is 18.6 Å². The highest BCUT2D eigenvalue weighted by Gasteiger charge is 2.32. The molecule has 0 radical (unpaired) electrons. The first-order valence-electron chi connectivity index (χ1n) is 6.42. The van der Waals surface area contributed by atoms with Gasteiger partial charge in [-0.2, -0.15) is 0 Å². The van der Waals surface area contributed by atoms with Gasteiger partial charge in [-0.25, -0.2) is 4.79 Å². The average Bonchev–Trinajstić information content (AvgIpc) is 2.77. The number of unbranched alkanes of at least 4 members (excludes halogenated alkanes) is 1. The maximum atomic E-state index is 11.7. The van der Waals surface area contributed by atoms with E-state index in [0.29, 0.717) is 13.2 Å². The molecule has 1 amide bonds. The molecule has 4 nitrogen and oxygen atoms in total. The van der Waals surface area contributed by atoms with E-state index in [2.05, 4.69) is 6.92 Å². The SMILES string of the molecule is CCCCOC[C@@H]1CN(c2ccccc2)C(=O)O1. The van der Waals surface area contributed by atoms with E-state index in [1.54, 1.807) is 4.90 Å². The molecule has 0 N–H and O–H groups in total. The van der Waals surface area contributed by atoms with Crippen LogP contribution in [0.25, 0.3) is 0 Å². The first-order chi connectivity index (χ1) is 8.81. The van der Waals surface area contributed by atoms with Crippen molar-refractivity contribution < 1.29 is 14.3 Å². The number of benzene rings is 1. The van der Waals surface area contributed by atoms with Gasteiger partial charge in [-0.1, -0.05) is 31.5 Å². The predicted molar refractivity (Wildman–Crippen MR) is 69.8 cm³/mol. The minimum absolute atomic E-state index is 0.158. The smallest absolute Gasteiger partial charge is 0.414 e. The highest BCUT2D eigenvalue weighted by atomic mass is 16.6. The lowest BCUT2D eigenvalue weighted by molar-refractivity contribution is 0.0448. The van der Waals surface area contributed by atoms with Gasteiger partial charge in [-0.3, -0.25) is 4.90 Å². The molecule has 1 aromatic rings. The van der Waals surface area contributed by atoms with Crippen molar-refractivity contribution in [2.24, 2.45) is 0 Å². The van der Waals surface area contributed by atoms with Crippen LogP contribution in [0, 0.1) is 0 Å². The van der Waals surface area contributed by atoms with Crippen molar-refractivity contribution in [3.8, 4) is 0 Å². The van der Waals surface area contributed by atoms with Crippen LogP contribution in [-0.2, 0) is 9.47 Å². The van der Waals surface area contributed by atoms with Crippen LogP contribution in [0.1, 0.15) is 19.8 Å². The van der Waals surface area contributed by atoms with Crippen molar-refractivity contribution in [3.63, 3.8) is 0 Å². The summed E-state index contributed by atoms with van der Waals surface area (Å²) < 4.78 is 10.8. The normalized spacial score (nSPS) is 19.1. The van der Waals surface area contributed by atoms with Crippen molar-refractivity contribution in [2.45, 2.75) is 25.9 Å². The fraction of sp³-hybridized carbons (Fsp3) is 0.500. The third-order valence-corrected chi connectivity index (χ3v) is 2.89. The molecule has 1 heterocycles. The third kappa shape index (κ3) is 3.23. The molecule has 0 saturated carbocycles. The van der Waals surface area contributed by atoms with Gasteiger partial charge in [0.05, 0.1) is 13.2 Å². The van der Waals surface area contributed by atoms with E-state index in [0.717, 1.165) is 25.1 Å². The summed E-state index contributed by atoms with van der Waals surface area (Å²) in [6.45, 7) is 3.90. The van der Waals surface area contributed by atoms with Crippen LogP contribution >= 0.6 is 0 Å². The molecule has 18 heavy (non-hydrogen) atoms. The Kier molecular flexibility index (Phi) is 4.59. The molecule has 1 fully saturated rings. The Morgan fingerprint density at radius 3 is 2.89 bits per heavy atom. The number of nitrogens with zero attached hydrogens (tertiary/aromatic N) is 1. The third-order valence-electron chi connectivity index (χ3n) is 2.89. The molecular formula is C14H19NO3. The number of rotatable bonds is 6. The number of hydrogen-bond donors (Lipinski definition) is 0. The summed E-state index contributed by atoms with van der Waals surface area (Å²) >= 11 is 0. The first kappa shape index (κ1) is 12.9. The summed E-state index contributed by atoms with van der Waals surface area (Å²) in [6.07, 6.45) is 1.71. The fourth-order valence-corrected chi connectivity index (χ4v) is 1.89. The Labute approximate surface area is 107 Å². The van der Waals surface area contributed by atoms with Crippen LogP contribution in [0.15, 0.2) is 30.3 Å². The quantitative estimate of drug-likeness (QED) is 0.728. The zero-order valence-electron chi connectivity index (χ0n) is 10.7. The highest BCUT2D eigenvalue weighted by Crippen LogP contribution is 2.21. The van der Waals surface area contributed by atoms with Gasteiger partial charge in [-0.15, -0.1) is 0 Å². The summed E-state index contributed by atoms with van der Waals surface area (Å²) in [7, 11) is 0. The summed E-state index contributed by atoms with van der Waals surface area (Å²) in [5, 5.41) is 0. The molecule has 1 aromatic carbocycles. The van der Waals surface area contributed by atoms with E-state index in [4.69, 9.17) is 9.47 Å². The van der Waals surface area contributed by atoms with Crippen molar-refractivity contribution in [1.82, 2.24) is 0 Å². The Morgan fingerprint density at radius 1 is 1.39 bits per heavy atom. The minimum atomic E-state index is -0.287. The van der Waals surface area contributed by atoms with Crippen LogP contribution in [0.4, 0.5) is 10.5 Å². The Balaban J connectivity index is 1.84. The monoisotopic (exact) mass is 249 g/mol. The van der Waals surface area contributed by atoms with E-state index in [-0.39, 0.29) is 12.2 Å². The van der Waals surface area contributed by atoms with Crippen molar-refractivity contribution in [1.29, 1.82) is 0 Å². The van der Waals surface area contributed by atoms with Gasteiger partial charge in [0.25, 0.3) is 0 Å². The van der Waals surface area contributed by atoms with E-state index < -0.39 is 0 Å². The molecular weight excluding hydrogens is 230 g/mol. The van der Waals surface area contributed by atoms with Gasteiger partial charge >= 0.3 is 6.09 Å². The fourth-order valence-electron chi connectivity index (χ4n) is 1.89. The summed E-state index contributed by atoms with van der Waals surface area (Å²) in [4.78, 5) is 13.4. The van der Waals surface area contributed by atoms with E-state index >= 15 is 0 Å². The maximum absolute atomic E-state index is 11.7. The van der Waals surface area contributed by atoms with E-state index in [9.17, 15) is 4.79 Å². The van der Waals surface area contributed by atoms with Crippen LogP contribution in [0.2, 0.25) is 0 Å². The van der Waals surface area contributed by atoms with Crippen LogP contribution < -0.4 is 4.90 Å². The number of carbonyl (C=O) groups is 1. The molecule has 1 aliphatic heterocycles. The molecule has 1 atom stereocenters. The van der Waals surface area contributed by atoms with Gasteiger partial charge in [0, 0.05) is 12.3 Å². The number of amides is 1. The average molecular weight is 249 g/mol. The lowest BCUT2D eigenvalue weighted by atomic mass is 10.3. The number of ether oxygens (including phenoxy) is 2. The zero-order chi connectivity index (χ0) is 12.8. The standard InChI is InChI=1S/C14H19NO3/c1-2-3-9-17-11-13-10-15(14(16)18-13)12-7-5-4-6-8-12/h4-8,13H,2-3,9-11H2,1H3/t13-/m0/s1. The van der Waals surface area contributed by atoms with E-state index in [1.807, 2.05) is 30.3 Å². The van der Waals surface area contributed by atoms with Crippen LogP contribution in [-0.4, -0.2) is 32.0 Å². The predicted octanol–water partition coefficient (Wildman–Crippen LogP) is 2.83. The van der Waals surface area contributed by atoms with Gasteiger partial charge < -0.3 is 9.47 Å². The molecule has 98 valence electrons. The molecule has 0 spiro atoms. The molecule has 1 aliphatic rings. The topological polar surface area (TPSA) is 38.8 Å². The number of para-hydroxylation sites is 1. The number of hydrogen-bond acceptors (Lipinski definition) is 3. The number of carbonyl (C=O) groups excluding carboxylic acids is 1. The molecule has 0 unspecified atom stereocenters. The van der Waals surface area contributed by atoms with Crippen LogP contribution in [0.3, 0.4) is 0 Å². The van der Waals surface area contributed by atoms with Crippen molar-refractivity contribution in [3.05, 3.63) is 30.3 Å². The van der Waals surface area contributed by atoms with E-state index in [1.165, 1.54) is 0 Å². The highest BCUT2D eigenvalue weighted by molar-refractivity contribution is 5.89. The van der Waals surface area contributed by atoms with Crippen molar-refractivity contribution >= 4 is 11.8 Å². The Hall–Kier alpha value is -1.55. The molecule has 4 heteroatoms. The number of cyclic esters (lactones) is 1. The number of anilines is 1. The maximum Gasteiger partial charge on any atom is 0.414 e. The molecule has 0 bridgehead atoms. The lowest BCUT2D eigenvalue weighted by Crippen LogP contribution is -2.25. The first-order valence-corrected chi connectivity index (χ1v) is 6.42. The lowest BCUT2D eigenvalue weighted by Gasteiger charge is -2.12. The molecule has 0 aromatic heterocycles. The minimum Gasteiger partial charge on any atom is -0.441 e. The largest absolute Gasteiger partial charge is 0.441 e. The summed E-state index contributed by atoms with van der Waals surface area (Å²) in [5.41, 5.74) is 0.874. The second-order valence-corrected chi connectivity index (χ2v) is 4.38. The van der Waals surface area contributed by atoms with Gasteiger partial charge in [0.1, 0.15) is 6.10 Å². The van der Waals surface area contributed by atoms with Crippen LogP contribution in [0.5, 0.6) is 0 Å². The summed E-state index contributed by atoms with van der Waals surface area (Å²) in [5.74, 6) is 0. The Morgan fingerprint density at radius 2 is 2.17 bits per heavy atom. The Bertz CT molecular complexity index is 380. The molecule has 2 rings (SSSR count).